The topological polar surface area (TPSA) is 91.7 Å². The molecule has 0 bridgehead atoms. The Morgan fingerprint density at radius 1 is 1.30 bits per heavy atom. The lowest BCUT2D eigenvalue weighted by Gasteiger charge is -2.56. The molecule has 146 valence electrons. The predicted octanol–water partition coefficient (Wildman–Crippen LogP) is 2.01. The van der Waals surface area contributed by atoms with Gasteiger partial charge >= 0.3 is 0 Å². The van der Waals surface area contributed by atoms with Crippen molar-refractivity contribution in [1.82, 2.24) is 0 Å². The third-order valence-electron chi connectivity index (χ3n) is 8.41. The summed E-state index contributed by atoms with van der Waals surface area (Å²) in [5.74, 6) is -0.947. The predicted molar refractivity (Wildman–Crippen MR) is 98.6 cm³/mol. The maximum Gasteiger partial charge on any atom is 0.190 e. The van der Waals surface area contributed by atoms with Gasteiger partial charge in [-0.15, -0.1) is 0 Å². The number of rotatable bonds is 2. The van der Waals surface area contributed by atoms with Gasteiger partial charge in [-0.05, 0) is 49.2 Å². The second-order valence-electron chi connectivity index (χ2n) is 9.52. The van der Waals surface area contributed by atoms with Crippen molar-refractivity contribution in [3.05, 3.63) is 23.8 Å². The molecule has 3 saturated carbocycles. The Labute approximate surface area is 159 Å². The molecule has 4 aliphatic rings. The maximum absolute atomic E-state index is 13.4. The molecule has 0 heterocycles. The van der Waals surface area contributed by atoms with Gasteiger partial charge in [0.05, 0.1) is 0 Å². The molecule has 5 nitrogen and oxygen atoms in total. The van der Waals surface area contributed by atoms with E-state index in [0.717, 1.165) is 18.4 Å². The molecule has 0 aromatic heterocycles. The van der Waals surface area contributed by atoms with E-state index in [9.17, 15) is 24.6 Å². The molecule has 0 aromatic rings. The number of aliphatic hydroxyl groups excluding tert-OH is 1. The minimum absolute atomic E-state index is 0.0218. The Balaban J connectivity index is 1.79. The minimum Gasteiger partial charge on any atom is -0.388 e. The van der Waals surface area contributed by atoms with Gasteiger partial charge in [0.1, 0.15) is 18.0 Å². The Morgan fingerprint density at radius 2 is 2.00 bits per heavy atom. The highest BCUT2D eigenvalue weighted by Crippen LogP contribution is 2.67. The van der Waals surface area contributed by atoms with Crippen LogP contribution in [0.3, 0.4) is 0 Å². The molecule has 0 amide bonds. The van der Waals surface area contributed by atoms with Gasteiger partial charge in [0.15, 0.2) is 11.6 Å². The zero-order valence-electron chi connectivity index (χ0n) is 16.2. The summed E-state index contributed by atoms with van der Waals surface area (Å²) >= 11 is 0. The van der Waals surface area contributed by atoms with Crippen molar-refractivity contribution in [3.8, 4) is 0 Å². The van der Waals surface area contributed by atoms with Gasteiger partial charge < -0.3 is 10.2 Å². The van der Waals surface area contributed by atoms with Crippen LogP contribution in [-0.4, -0.2) is 39.8 Å². The molecule has 0 aliphatic heterocycles. The van der Waals surface area contributed by atoms with Crippen molar-refractivity contribution in [2.45, 2.75) is 52.1 Å². The quantitative estimate of drug-likeness (QED) is 0.774. The smallest absolute Gasteiger partial charge is 0.190 e. The summed E-state index contributed by atoms with van der Waals surface area (Å²) in [6, 6.07) is 0. The van der Waals surface area contributed by atoms with Crippen molar-refractivity contribution in [3.63, 3.8) is 0 Å². The van der Waals surface area contributed by atoms with Crippen molar-refractivity contribution in [2.75, 3.05) is 6.61 Å². The third-order valence-corrected chi connectivity index (χ3v) is 8.41. The van der Waals surface area contributed by atoms with Gasteiger partial charge in [-0.25, -0.2) is 0 Å². The minimum atomic E-state index is -1.66. The van der Waals surface area contributed by atoms with Crippen LogP contribution in [0.5, 0.6) is 0 Å². The average Bonchev–Trinajstić information content (AvgIpc) is 2.82. The molecule has 7 atom stereocenters. The number of Topliss-reactive ketones (excluding diaryl/α,β-unsaturated/α-hetero) is 2. The third kappa shape index (κ3) is 2.16. The molecular weight excluding hydrogens is 344 g/mol. The maximum atomic E-state index is 13.4. The highest BCUT2D eigenvalue weighted by molar-refractivity contribution is 6.02. The molecule has 4 aliphatic carbocycles. The van der Waals surface area contributed by atoms with E-state index < -0.39 is 28.8 Å². The lowest BCUT2D eigenvalue weighted by molar-refractivity contribution is -0.173. The molecule has 3 fully saturated rings. The standard InChI is InChI=1S/C22H28O5/c1-12-8-16-15-5-4-13-9-14(24)6-7-20(13,2)19(15)17(25)10-21(16,3)22(12,27)18(26)11-23/h6-7,9,12,15-16,19,23,27H,4-5,8,10-11H2,1-3H3/t12?,15-,16+,19-,20+,21+,22+/m1/s1. The molecule has 0 aromatic carbocycles. The lowest BCUT2D eigenvalue weighted by Crippen LogP contribution is -2.61. The number of ketones is 3. The Hall–Kier alpha value is -1.59. The van der Waals surface area contributed by atoms with E-state index in [1.54, 1.807) is 12.2 Å². The van der Waals surface area contributed by atoms with E-state index in [2.05, 4.69) is 0 Å². The van der Waals surface area contributed by atoms with Gasteiger partial charge in [0.25, 0.3) is 0 Å². The molecule has 2 N–H and O–H groups in total. The molecule has 4 rings (SSSR count). The van der Waals surface area contributed by atoms with Crippen LogP contribution in [0.2, 0.25) is 0 Å². The second kappa shape index (κ2) is 5.71. The average molecular weight is 372 g/mol. The SMILES string of the molecule is CC1C[C@H]2[C@H]3CCC4=CC(=O)C=C[C@]4(C)[C@H]3C(=O)C[C@]2(C)[C@@]1(O)C(=O)CO. The first-order chi connectivity index (χ1) is 12.6. The monoisotopic (exact) mass is 372 g/mol. The van der Waals surface area contributed by atoms with Gasteiger partial charge in [-0.1, -0.05) is 32.4 Å². The molecular formula is C22H28O5. The second-order valence-corrected chi connectivity index (χ2v) is 9.52. The summed E-state index contributed by atoms with van der Waals surface area (Å²) in [6.07, 6.45) is 7.49. The van der Waals surface area contributed by atoms with Crippen molar-refractivity contribution in [2.24, 2.45) is 34.5 Å². The van der Waals surface area contributed by atoms with E-state index in [1.807, 2.05) is 26.8 Å². The summed E-state index contributed by atoms with van der Waals surface area (Å²) < 4.78 is 0. The van der Waals surface area contributed by atoms with E-state index >= 15 is 0 Å². The Kier molecular flexibility index (Phi) is 3.97. The number of allylic oxidation sites excluding steroid dienone is 4. The molecule has 1 unspecified atom stereocenters. The summed E-state index contributed by atoms with van der Waals surface area (Å²) in [5, 5.41) is 20.8. The lowest BCUT2D eigenvalue weighted by atomic mass is 9.46. The van der Waals surface area contributed by atoms with Crippen LogP contribution in [0.4, 0.5) is 0 Å². The number of hydrogen-bond acceptors (Lipinski definition) is 5. The fourth-order valence-electron chi connectivity index (χ4n) is 7.08. The van der Waals surface area contributed by atoms with Crippen LogP contribution in [0.25, 0.3) is 0 Å². The number of fused-ring (bicyclic) bond motifs is 5. The Bertz CT molecular complexity index is 795. The first kappa shape index (κ1) is 18.8. The first-order valence-corrected chi connectivity index (χ1v) is 9.93. The van der Waals surface area contributed by atoms with Crippen LogP contribution < -0.4 is 0 Å². The van der Waals surface area contributed by atoms with Gasteiger partial charge in [-0.3, -0.25) is 14.4 Å². The van der Waals surface area contributed by atoms with E-state index in [0.29, 0.717) is 6.42 Å². The van der Waals surface area contributed by atoms with Gasteiger partial charge in [0, 0.05) is 23.2 Å². The number of carbonyl (C=O) groups excluding carboxylic acids is 3. The fraction of sp³-hybridized carbons (Fsp3) is 0.682. The molecule has 5 heteroatoms. The van der Waals surface area contributed by atoms with Crippen LogP contribution in [0.1, 0.15) is 46.5 Å². The van der Waals surface area contributed by atoms with Gasteiger partial charge in [-0.2, -0.15) is 0 Å². The van der Waals surface area contributed by atoms with E-state index in [1.165, 1.54) is 0 Å². The molecule has 27 heavy (non-hydrogen) atoms. The van der Waals surface area contributed by atoms with Crippen molar-refractivity contribution < 1.29 is 24.6 Å². The summed E-state index contributed by atoms with van der Waals surface area (Å²) in [5.41, 5.74) is -1.94. The van der Waals surface area contributed by atoms with Crippen LogP contribution in [-0.2, 0) is 14.4 Å². The van der Waals surface area contributed by atoms with Crippen molar-refractivity contribution >= 4 is 17.3 Å². The molecule has 0 radical (unpaired) electrons. The van der Waals surface area contributed by atoms with Gasteiger partial charge in [0.2, 0.25) is 0 Å². The van der Waals surface area contributed by atoms with E-state index in [4.69, 9.17) is 0 Å². The fourth-order valence-corrected chi connectivity index (χ4v) is 7.08. The summed E-state index contributed by atoms with van der Waals surface area (Å²) in [4.78, 5) is 37.8. The van der Waals surface area contributed by atoms with Crippen LogP contribution in [0.15, 0.2) is 23.8 Å². The molecule has 0 spiro atoms. The summed E-state index contributed by atoms with van der Waals surface area (Å²) in [7, 11) is 0. The van der Waals surface area contributed by atoms with Crippen molar-refractivity contribution in [1.29, 1.82) is 0 Å². The first-order valence-electron chi connectivity index (χ1n) is 9.93. The normalized spacial score (nSPS) is 48.6. The number of carbonyl (C=O) groups is 3. The molecule has 0 saturated heterocycles. The van der Waals surface area contributed by atoms with Crippen LogP contribution in [0, 0.1) is 34.5 Å². The number of aliphatic hydroxyl groups is 2. The van der Waals surface area contributed by atoms with E-state index in [-0.39, 0.29) is 41.7 Å². The largest absolute Gasteiger partial charge is 0.388 e. The zero-order chi connectivity index (χ0) is 19.8. The van der Waals surface area contributed by atoms with Crippen LogP contribution >= 0.6 is 0 Å². The highest BCUT2D eigenvalue weighted by Gasteiger charge is 2.70. The summed E-state index contributed by atoms with van der Waals surface area (Å²) in [6.45, 7) is 5.05. The Morgan fingerprint density at radius 3 is 2.67 bits per heavy atom. The zero-order valence-corrected chi connectivity index (χ0v) is 16.2. The number of hydrogen-bond donors (Lipinski definition) is 2. The highest BCUT2D eigenvalue weighted by atomic mass is 16.3.